The van der Waals surface area contributed by atoms with Crippen LogP contribution < -0.4 is 0 Å². The van der Waals surface area contributed by atoms with Gasteiger partial charge in [-0.1, -0.05) is 30.2 Å². The van der Waals surface area contributed by atoms with E-state index in [-0.39, 0.29) is 0 Å². The monoisotopic (exact) mass is 162 g/mol. The van der Waals surface area contributed by atoms with Crippen molar-refractivity contribution >= 4 is 0 Å². The van der Waals surface area contributed by atoms with Gasteiger partial charge in [-0.25, -0.2) is 0 Å². The van der Waals surface area contributed by atoms with Crippen LogP contribution in [0.5, 0.6) is 0 Å². The van der Waals surface area contributed by atoms with E-state index in [0.29, 0.717) is 0 Å². The van der Waals surface area contributed by atoms with Gasteiger partial charge in [0.2, 0.25) is 0 Å². The van der Waals surface area contributed by atoms with Crippen LogP contribution in [0.4, 0.5) is 0 Å². The summed E-state index contributed by atoms with van der Waals surface area (Å²) in [6, 6.07) is 0. The molecule has 0 radical (unpaired) electrons. The van der Waals surface area contributed by atoms with Crippen LogP contribution in [0, 0.1) is 11.8 Å². The molecular weight excluding hydrogens is 144 g/mol. The molecule has 0 aliphatic heterocycles. The van der Waals surface area contributed by atoms with Crippen molar-refractivity contribution in [3.8, 4) is 0 Å². The molecule has 2 rings (SSSR count). The maximum absolute atomic E-state index is 2.41. The highest BCUT2D eigenvalue weighted by Crippen LogP contribution is 2.40. The van der Waals surface area contributed by atoms with E-state index in [1.54, 1.807) is 11.1 Å². The zero-order chi connectivity index (χ0) is 8.55. The third-order valence-corrected chi connectivity index (χ3v) is 3.41. The highest BCUT2D eigenvalue weighted by molar-refractivity contribution is 5.27. The van der Waals surface area contributed by atoms with Crippen LogP contribution in [0.25, 0.3) is 0 Å². The van der Waals surface area contributed by atoms with E-state index in [1.165, 1.54) is 25.7 Å². The minimum absolute atomic E-state index is 0.892. The number of rotatable bonds is 0. The Morgan fingerprint density at radius 2 is 2.17 bits per heavy atom. The molecule has 0 bridgehead atoms. The lowest BCUT2D eigenvalue weighted by atomic mass is 9.72. The van der Waals surface area contributed by atoms with Crippen molar-refractivity contribution in [3.05, 3.63) is 23.3 Å². The summed E-state index contributed by atoms with van der Waals surface area (Å²) in [6.07, 6.45) is 10.2. The van der Waals surface area contributed by atoms with E-state index >= 15 is 0 Å². The van der Waals surface area contributed by atoms with Crippen molar-refractivity contribution in [1.29, 1.82) is 0 Å². The second kappa shape index (κ2) is 3.08. The Morgan fingerprint density at radius 3 is 3.00 bits per heavy atom. The van der Waals surface area contributed by atoms with E-state index in [9.17, 15) is 0 Å². The number of hydrogen-bond acceptors (Lipinski definition) is 0. The summed E-state index contributed by atoms with van der Waals surface area (Å²) in [4.78, 5) is 0. The molecule has 0 heterocycles. The number of fused-ring (bicyclic) bond motifs is 1. The average Bonchev–Trinajstić information content (AvgIpc) is 2.07. The topological polar surface area (TPSA) is 0 Å². The lowest BCUT2D eigenvalue weighted by Crippen LogP contribution is -2.21. The molecule has 1 saturated carbocycles. The van der Waals surface area contributed by atoms with Crippen LogP contribution in [0.3, 0.4) is 0 Å². The normalized spacial score (nSPS) is 35.2. The van der Waals surface area contributed by atoms with Gasteiger partial charge in [0.05, 0.1) is 0 Å². The van der Waals surface area contributed by atoms with Crippen LogP contribution in [0.15, 0.2) is 23.3 Å². The predicted molar refractivity (Wildman–Crippen MR) is 53.0 cm³/mol. The zero-order valence-corrected chi connectivity index (χ0v) is 8.14. The first kappa shape index (κ1) is 8.10. The molecule has 0 amide bonds. The third kappa shape index (κ3) is 1.35. The molecule has 12 heavy (non-hydrogen) atoms. The van der Waals surface area contributed by atoms with E-state index in [4.69, 9.17) is 0 Å². The number of allylic oxidation sites excluding steroid dienone is 4. The molecule has 0 spiro atoms. The van der Waals surface area contributed by atoms with Gasteiger partial charge < -0.3 is 0 Å². The van der Waals surface area contributed by atoms with Gasteiger partial charge in [-0.2, -0.15) is 0 Å². The smallest absolute Gasteiger partial charge is 0.0137 e. The van der Waals surface area contributed by atoms with E-state index in [1.807, 2.05) is 0 Å². The largest absolute Gasteiger partial charge is 0.0727 e. The maximum Gasteiger partial charge on any atom is -0.0137 e. The molecule has 2 aliphatic rings. The lowest BCUT2D eigenvalue weighted by Gasteiger charge is -2.33. The van der Waals surface area contributed by atoms with Crippen LogP contribution in [-0.2, 0) is 0 Å². The van der Waals surface area contributed by atoms with Crippen LogP contribution in [-0.4, -0.2) is 0 Å². The average molecular weight is 162 g/mol. The molecule has 2 atom stereocenters. The summed E-state index contributed by atoms with van der Waals surface area (Å²) in [5, 5.41) is 0. The summed E-state index contributed by atoms with van der Waals surface area (Å²) in [6.45, 7) is 4.67. The summed E-state index contributed by atoms with van der Waals surface area (Å²) >= 11 is 0. The highest BCUT2D eigenvalue weighted by atomic mass is 14.3. The fraction of sp³-hybridized carbons (Fsp3) is 0.667. The minimum Gasteiger partial charge on any atom is -0.0727 e. The first-order chi connectivity index (χ1) is 5.77. The second-order valence-electron chi connectivity index (χ2n) is 4.43. The van der Waals surface area contributed by atoms with Gasteiger partial charge in [-0.05, 0) is 44.4 Å². The fourth-order valence-corrected chi connectivity index (χ4v) is 2.58. The Bertz CT molecular complexity index is 232. The molecule has 0 heteroatoms. The molecule has 0 aromatic rings. The van der Waals surface area contributed by atoms with Crippen LogP contribution in [0.1, 0.15) is 39.5 Å². The first-order valence-corrected chi connectivity index (χ1v) is 5.13. The summed E-state index contributed by atoms with van der Waals surface area (Å²) in [7, 11) is 0. The quantitative estimate of drug-likeness (QED) is 0.509. The Kier molecular flexibility index (Phi) is 2.08. The molecule has 0 saturated heterocycles. The van der Waals surface area contributed by atoms with Crippen molar-refractivity contribution in [3.63, 3.8) is 0 Å². The predicted octanol–water partition coefficient (Wildman–Crippen LogP) is 3.70. The third-order valence-electron chi connectivity index (χ3n) is 3.41. The Labute approximate surface area is 75.4 Å². The summed E-state index contributed by atoms with van der Waals surface area (Å²) in [5.41, 5.74) is 3.29. The highest BCUT2D eigenvalue weighted by Gasteiger charge is 2.26. The van der Waals surface area contributed by atoms with Gasteiger partial charge >= 0.3 is 0 Å². The van der Waals surface area contributed by atoms with E-state index in [0.717, 1.165) is 11.8 Å². The fourth-order valence-electron chi connectivity index (χ4n) is 2.58. The molecule has 2 aliphatic carbocycles. The Morgan fingerprint density at radius 1 is 1.33 bits per heavy atom. The van der Waals surface area contributed by atoms with Gasteiger partial charge in [-0.3, -0.25) is 0 Å². The van der Waals surface area contributed by atoms with Gasteiger partial charge in [0, 0.05) is 0 Å². The van der Waals surface area contributed by atoms with Gasteiger partial charge in [0.15, 0.2) is 0 Å². The SMILES string of the molecule is CC1=CC=C2CCCC(C)C2C1. The zero-order valence-electron chi connectivity index (χ0n) is 8.14. The molecule has 0 aromatic carbocycles. The standard InChI is InChI=1S/C12H18/c1-9-6-7-11-5-3-4-10(2)12(11)8-9/h6-7,10,12H,3-5,8H2,1-2H3. The van der Waals surface area contributed by atoms with Gasteiger partial charge in [0.25, 0.3) is 0 Å². The molecule has 66 valence electrons. The van der Waals surface area contributed by atoms with E-state index in [2.05, 4.69) is 26.0 Å². The van der Waals surface area contributed by atoms with Crippen molar-refractivity contribution in [2.75, 3.05) is 0 Å². The van der Waals surface area contributed by atoms with Crippen molar-refractivity contribution in [1.82, 2.24) is 0 Å². The van der Waals surface area contributed by atoms with Crippen LogP contribution >= 0.6 is 0 Å². The Hall–Kier alpha value is -0.520. The molecule has 2 unspecified atom stereocenters. The second-order valence-corrected chi connectivity index (χ2v) is 4.43. The number of hydrogen-bond donors (Lipinski definition) is 0. The van der Waals surface area contributed by atoms with Crippen molar-refractivity contribution in [2.45, 2.75) is 39.5 Å². The minimum atomic E-state index is 0.892. The molecular formula is C12H18. The molecule has 0 aromatic heterocycles. The van der Waals surface area contributed by atoms with Crippen molar-refractivity contribution in [2.24, 2.45) is 11.8 Å². The van der Waals surface area contributed by atoms with E-state index < -0.39 is 0 Å². The maximum atomic E-state index is 2.41. The van der Waals surface area contributed by atoms with Gasteiger partial charge in [0.1, 0.15) is 0 Å². The first-order valence-electron chi connectivity index (χ1n) is 5.13. The Balaban J connectivity index is 2.20. The molecule has 0 N–H and O–H groups in total. The lowest BCUT2D eigenvalue weighted by molar-refractivity contribution is 0.322. The van der Waals surface area contributed by atoms with Gasteiger partial charge in [-0.15, -0.1) is 0 Å². The van der Waals surface area contributed by atoms with Crippen LogP contribution in [0.2, 0.25) is 0 Å². The molecule has 1 fully saturated rings. The summed E-state index contributed by atoms with van der Waals surface area (Å²) in [5.74, 6) is 1.82. The molecule has 0 nitrogen and oxygen atoms in total. The summed E-state index contributed by atoms with van der Waals surface area (Å²) < 4.78 is 0. The van der Waals surface area contributed by atoms with Crippen molar-refractivity contribution < 1.29 is 0 Å².